The van der Waals surface area contributed by atoms with Crippen LogP contribution in [0.2, 0.25) is 0 Å². The van der Waals surface area contributed by atoms with Crippen LogP contribution in [-0.4, -0.2) is 0 Å². The van der Waals surface area contributed by atoms with E-state index in [1.807, 2.05) is 0 Å². The first-order chi connectivity index (χ1) is 7.36. The summed E-state index contributed by atoms with van der Waals surface area (Å²) in [5, 5.41) is 0. The largest absolute Gasteiger partial charge is 0.122 e. The Balaban J connectivity index is 2.44. The molecule has 0 N–H and O–H groups in total. The Kier molecular flexibility index (Phi) is 2.83. The highest BCUT2D eigenvalue weighted by Gasteiger charge is 2.55. The van der Waals surface area contributed by atoms with Crippen LogP contribution in [0.25, 0.3) is 0 Å². The molecular weight excluding hydrogens is 192 g/mol. The van der Waals surface area contributed by atoms with Crippen LogP contribution in [0.15, 0.2) is 16.9 Å². The highest BCUT2D eigenvalue weighted by atomic mass is 14.6. The van der Waals surface area contributed by atoms with E-state index in [2.05, 4.69) is 40.3 Å². The Bertz CT molecular complexity index is 341. The minimum Gasteiger partial charge on any atom is -0.122 e. The standard InChI is InChI=1S/C16H26/c1-12(2)10-14-15(3,4)9-7-6-8-13-11-16(13,14)5/h13H,6-9,11H2,1-5H3. The van der Waals surface area contributed by atoms with Crippen LogP contribution in [0.1, 0.15) is 66.7 Å². The monoisotopic (exact) mass is 218 g/mol. The lowest BCUT2D eigenvalue weighted by atomic mass is 9.70. The summed E-state index contributed by atoms with van der Waals surface area (Å²) in [6, 6.07) is 0. The fourth-order valence-corrected chi connectivity index (χ4v) is 3.60. The molecule has 0 bridgehead atoms. The van der Waals surface area contributed by atoms with Gasteiger partial charge in [0.2, 0.25) is 0 Å². The Labute approximate surface area is 101 Å². The first-order valence-corrected chi connectivity index (χ1v) is 6.81. The summed E-state index contributed by atoms with van der Waals surface area (Å²) in [5.41, 5.74) is 7.51. The molecule has 0 heterocycles. The summed E-state index contributed by atoms with van der Waals surface area (Å²) in [4.78, 5) is 0. The van der Waals surface area contributed by atoms with E-state index in [0.717, 1.165) is 5.92 Å². The predicted molar refractivity (Wildman–Crippen MR) is 70.4 cm³/mol. The van der Waals surface area contributed by atoms with Gasteiger partial charge in [0, 0.05) is 0 Å². The summed E-state index contributed by atoms with van der Waals surface area (Å²) < 4.78 is 0. The lowest BCUT2D eigenvalue weighted by molar-refractivity contribution is 0.308. The molecule has 16 heavy (non-hydrogen) atoms. The molecule has 0 aromatic carbocycles. The molecular formula is C16H26. The molecule has 0 nitrogen and oxygen atoms in total. The molecule has 2 aliphatic rings. The van der Waals surface area contributed by atoms with Crippen molar-refractivity contribution in [1.29, 1.82) is 0 Å². The molecule has 2 rings (SSSR count). The second kappa shape index (κ2) is 3.77. The molecule has 0 spiro atoms. The van der Waals surface area contributed by atoms with Crippen LogP contribution in [0.3, 0.4) is 0 Å². The molecule has 90 valence electrons. The second-order valence-electron chi connectivity index (χ2n) is 6.95. The summed E-state index contributed by atoms with van der Waals surface area (Å²) in [6.07, 6.45) is 7.02. The molecule has 2 saturated carbocycles. The van der Waals surface area contributed by atoms with Gasteiger partial charge in [0.1, 0.15) is 0 Å². The number of rotatable bonds is 0. The quantitative estimate of drug-likeness (QED) is 0.496. The zero-order chi connectivity index (χ0) is 12.0. The molecule has 2 aliphatic carbocycles. The smallest absolute Gasteiger partial charge is 0.000365 e. The van der Waals surface area contributed by atoms with Gasteiger partial charge in [-0.2, -0.15) is 0 Å². The first kappa shape index (κ1) is 12.0. The van der Waals surface area contributed by atoms with Crippen molar-refractivity contribution in [2.24, 2.45) is 16.7 Å². The van der Waals surface area contributed by atoms with Gasteiger partial charge in [0.25, 0.3) is 0 Å². The lowest BCUT2D eigenvalue weighted by Crippen LogP contribution is -2.23. The maximum Gasteiger partial charge on any atom is -0.000365 e. The fraction of sp³-hybridized carbons (Fsp3) is 0.812. The van der Waals surface area contributed by atoms with Gasteiger partial charge >= 0.3 is 0 Å². The maximum atomic E-state index is 3.70. The summed E-state index contributed by atoms with van der Waals surface area (Å²) in [6.45, 7) is 11.7. The zero-order valence-corrected chi connectivity index (χ0v) is 11.6. The van der Waals surface area contributed by atoms with Crippen LogP contribution in [0, 0.1) is 16.7 Å². The van der Waals surface area contributed by atoms with Gasteiger partial charge in [-0.05, 0) is 61.0 Å². The summed E-state index contributed by atoms with van der Waals surface area (Å²) in [5.74, 6) is 0.953. The Morgan fingerprint density at radius 2 is 1.88 bits per heavy atom. The highest BCUT2D eigenvalue weighted by Crippen LogP contribution is 2.64. The van der Waals surface area contributed by atoms with Crippen LogP contribution in [0.4, 0.5) is 0 Å². The number of allylic oxidation sites excluding steroid dienone is 1. The zero-order valence-electron chi connectivity index (χ0n) is 11.6. The van der Waals surface area contributed by atoms with E-state index in [-0.39, 0.29) is 0 Å². The van der Waals surface area contributed by atoms with Crippen molar-refractivity contribution in [2.45, 2.75) is 66.7 Å². The first-order valence-electron chi connectivity index (χ1n) is 6.81. The number of hydrogen-bond acceptors (Lipinski definition) is 0. The normalized spacial score (nSPS) is 36.8. The maximum absolute atomic E-state index is 3.70. The predicted octanol–water partition coefficient (Wildman–Crippen LogP) is 5.10. The fourth-order valence-electron chi connectivity index (χ4n) is 3.60. The molecule has 0 aromatic heterocycles. The summed E-state index contributed by atoms with van der Waals surface area (Å²) >= 11 is 0. The van der Waals surface area contributed by atoms with Crippen molar-refractivity contribution >= 4 is 0 Å². The van der Waals surface area contributed by atoms with Crippen molar-refractivity contribution in [3.8, 4) is 0 Å². The molecule has 2 fully saturated rings. The van der Waals surface area contributed by atoms with Gasteiger partial charge in [-0.25, -0.2) is 0 Å². The van der Waals surface area contributed by atoms with Crippen molar-refractivity contribution in [1.82, 2.24) is 0 Å². The topological polar surface area (TPSA) is 0 Å². The van der Waals surface area contributed by atoms with E-state index < -0.39 is 0 Å². The molecule has 0 aromatic rings. The van der Waals surface area contributed by atoms with Gasteiger partial charge in [-0.15, -0.1) is 5.73 Å². The van der Waals surface area contributed by atoms with Crippen molar-refractivity contribution < 1.29 is 0 Å². The van der Waals surface area contributed by atoms with Crippen LogP contribution >= 0.6 is 0 Å². The van der Waals surface area contributed by atoms with Crippen molar-refractivity contribution in [3.63, 3.8) is 0 Å². The second-order valence-corrected chi connectivity index (χ2v) is 6.95. The molecule has 0 heteroatoms. The van der Waals surface area contributed by atoms with Crippen LogP contribution in [-0.2, 0) is 0 Å². The molecule has 2 unspecified atom stereocenters. The van der Waals surface area contributed by atoms with E-state index in [4.69, 9.17) is 0 Å². The van der Waals surface area contributed by atoms with Gasteiger partial charge in [-0.1, -0.05) is 33.6 Å². The average molecular weight is 218 g/mol. The number of fused-ring (bicyclic) bond motifs is 1. The minimum absolute atomic E-state index is 0.362. The SMILES string of the molecule is CC(C)=C=C1C(C)(C)CCCCC2CC12C. The third-order valence-corrected chi connectivity index (χ3v) is 4.64. The average Bonchev–Trinajstić information content (AvgIpc) is 2.80. The van der Waals surface area contributed by atoms with Gasteiger partial charge in [0.05, 0.1) is 0 Å². The molecule has 2 atom stereocenters. The molecule has 0 radical (unpaired) electrons. The van der Waals surface area contributed by atoms with Crippen LogP contribution < -0.4 is 0 Å². The summed E-state index contributed by atoms with van der Waals surface area (Å²) in [7, 11) is 0. The van der Waals surface area contributed by atoms with Crippen LogP contribution in [0.5, 0.6) is 0 Å². The van der Waals surface area contributed by atoms with E-state index in [9.17, 15) is 0 Å². The lowest BCUT2D eigenvalue weighted by Gasteiger charge is -2.33. The van der Waals surface area contributed by atoms with Gasteiger partial charge < -0.3 is 0 Å². The molecule has 0 aliphatic heterocycles. The molecule has 0 saturated heterocycles. The van der Waals surface area contributed by atoms with E-state index in [1.54, 1.807) is 5.57 Å². The Morgan fingerprint density at radius 3 is 2.50 bits per heavy atom. The highest BCUT2D eigenvalue weighted by molar-refractivity contribution is 5.30. The molecule has 0 amide bonds. The van der Waals surface area contributed by atoms with E-state index >= 15 is 0 Å². The Morgan fingerprint density at radius 1 is 1.19 bits per heavy atom. The van der Waals surface area contributed by atoms with Gasteiger partial charge in [-0.3, -0.25) is 0 Å². The number of hydrogen-bond donors (Lipinski definition) is 0. The van der Waals surface area contributed by atoms with E-state index in [1.165, 1.54) is 37.7 Å². The minimum atomic E-state index is 0.362. The van der Waals surface area contributed by atoms with Gasteiger partial charge in [0.15, 0.2) is 0 Å². The third kappa shape index (κ3) is 2.00. The van der Waals surface area contributed by atoms with Crippen molar-refractivity contribution in [3.05, 3.63) is 16.9 Å². The third-order valence-electron chi connectivity index (χ3n) is 4.64. The van der Waals surface area contributed by atoms with E-state index in [0.29, 0.717) is 10.8 Å². The van der Waals surface area contributed by atoms with Crippen molar-refractivity contribution in [2.75, 3.05) is 0 Å². The Hall–Kier alpha value is -0.480.